The van der Waals surface area contributed by atoms with Gasteiger partial charge in [0, 0.05) is 24.6 Å². The van der Waals surface area contributed by atoms with E-state index in [1.165, 1.54) is 32.1 Å². The maximum Gasteiger partial charge on any atom is 0.136 e. The lowest BCUT2D eigenvalue weighted by atomic mass is 9.80. The minimum atomic E-state index is 0.550. The van der Waals surface area contributed by atoms with Gasteiger partial charge < -0.3 is 10.6 Å². The van der Waals surface area contributed by atoms with Crippen LogP contribution in [0.3, 0.4) is 0 Å². The normalized spacial score (nSPS) is 29.2. The highest BCUT2D eigenvalue weighted by atomic mass is 15.1. The first-order valence-corrected chi connectivity index (χ1v) is 8.39. The summed E-state index contributed by atoms with van der Waals surface area (Å²) in [7, 11) is 1.94. The third-order valence-electron chi connectivity index (χ3n) is 4.86. The Kier molecular flexibility index (Phi) is 4.05. The fourth-order valence-corrected chi connectivity index (χ4v) is 3.70. The molecule has 1 aromatic heterocycles. The molecular weight excluding hydrogens is 260 g/mol. The van der Waals surface area contributed by atoms with Gasteiger partial charge in [-0.1, -0.05) is 13.8 Å². The molecule has 4 heteroatoms. The quantitative estimate of drug-likeness (QED) is 0.881. The molecule has 2 atom stereocenters. The average Bonchev–Trinajstić information content (AvgIpc) is 3.24. The SMILES string of the molecule is CNc1nc(C2CC2)nc(NC2CC(C)CC(C)C2)c1C. The van der Waals surface area contributed by atoms with E-state index < -0.39 is 0 Å². The Morgan fingerprint density at radius 2 is 1.57 bits per heavy atom. The Morgan fingerprint density at radius 1 is 0.952 bits per heavy atom. The summed E-state index contributed by atoms with van der Waals surface area (Å²) in [6, 6.07) is 0.550. The molecule has 0 aromatic carbocycles. The van der Waals surface area contributed by atoms with Gasteiger partial charge in [0.15, 0.2) is 0 Å². The second kappa shape index (κ2) is 5.82. The summed E-state index contributed by atoms with van der Waals surface area (Å²) in [6.07, 6.45) is 6.34. The first-order valence-electron chi connectivity index (χ1n) is 8.39. The second-order valence-electron chi connectivity index (χ2n) is 7.19. The summed E-state index contributed by atoms with van der Waals surface area (Å²) in [5.41, 5.74) is 1.15. The van der Waals surface area contributed by atoms with Gasteiger partial charge in [-0.2, -0.15) is 0 Å². The number of anilines is 2. The van der Waals surface area contributed by atoms with Crippen molar-refractivity contribution in [2.45, 2.75) is 64.8 Å². The molecule has 2 saturated carbocycles. The van der Waals surface area contributed by atoms with Crippen molar-refractivity contribution in [3.05, 3.63) is 11.4 Å². The molecule has 2 unspecified atom stereocenters. The maximum atomic E-state index is 4.82. The summed E-state index contributed by atoms with van der Waals surface area (Å²) >= 11 is 0. The van der Waals surface area contributed by atoms with Crippen LogP contribution in [0.4, 0.5) is 11.6 Å². The van der Waals surface area contributed by atoms with Crippen LogP contribution in [0.25, 0.3) is 0 Å². The molecule has 2 fully saturated rings. The van der Waals surface area contributed by atoms with Crippen molar-refractivity contribution in [3.63, 3.8) is 0 Å². The molecule has 0 spiro atoms. The molecule has 116 valence electrons. The van der Waals surface area contributed by atoms with Crippen LogP contribution < -0.4 is 10.6 Å². The Hall–Kier alpha value is -1.32. The van der Waals surface area contributed by atoms with E-state index in [-0.39, 0.29) is 0 Å². The lowest BCUT2D eigenvalue weighted by Crippen LogP contribution is -2.31. The van der Waals surface area contributed by atoms with Crippen LogP contribution >= 0.6 is 0 Å². The van der Waals surface area contributed by atoms with Gasteiger partial charge in [-0.25, -0.2) is 9.97 Å². The number of aromatic nitrogens is 2. The van der Waals surface area contributed by atoms with Crippen LogP contribution in [0, 0.1) is 18.8 Å². The highest BCUT2D eigenvalue weighted by molar-refractivity contribution is 5.57. The molecule has 0 aliphatic heterocycles. The van der Waals surface area contributed by atoms with Crippen LogP contribution in [0.2, 0.25) is 0 Å². The Bertz CT molecular complexity index is 500. The van der Waals surface area contributed by atoms with Gasteiger partial charge in [-0.3, -0.25) is 0 Å². The van der Waals surface area contributed by atoms with Gasteiger partial charge >= 0.3 is 0 Å². The van der Waals surface area contributed by atoms with Crippen molar-refractivity contribution in [3.8, 4) is 0 Å². The van der Waals surface area contributed by atoms with E-state index in [2.05, 4.69) is 36.4 Å². The summed E-state index contributed by atoms with van der Waals surface area (Å²) in [6.45, 7) is 6.85. The fourth-order valence-electron chi connectivity index (χ4n) is 3.70. The Morgan fingerprint density at radius 3 is 2.14 bits per heavy atom. The van der Waals surface area contributed by atoms with Crippen LogP contribution in [-0.4, -0.2) is 23.1 Å². The molecule has 21 heavy (non-hydrogen) atoms. The number of nitrogens with zero attached hydrogens (tertiary/aromatic N) is 2. The first kappa shape index (κ1) is 14.6. The molecule has 0 amide bonds. The topological polar surface area (TPSA) is 49.8 Å². The molecular formula is C17H28N4. The summed E-state index contributed by atoms with van der Waals surface area (Å²) in [5.74, 6) is 5.24. The molecule has 2 aliphatic rings. The van der Waals surface area contributed by atoms with E-state index in [1.54, 1.807) is 0 Å². The molecule has 2 aliphatic carbocycles. The highest BCUT2D eigenvalue weighted by Crippen LogP contribution is 2.40. The van der Waals surface area contributed by atoms with E-state index in [4.69, 9.17) is 4.98 Å². The van der Waals surface area contributed by atoms with Gasteiger partial charge in [0.05, 0.1) is 0 Å². The smallest absolute Gasteiger partial charge is 0.136 e. The average molecular weight is 288 g/mol. The predicted octanol–water partition coefficient (Wildman–Crippen LogP) is 3.94. The van der Waals surface area contributed by atoms with Crippen molar-refractivity contribution in [1.82, 2.24) is 9.97 Å². The summed E-state index contributed by atoms with van der Waals surface area (Å²) < 4.78 is 0. The zero-order valence-electron chi connectivity index (χ0n) is 13.7. The Balaban J connectivity index is 1.81. The zero-order valence-corrected chi connectivity index (χ0v) is 13.7. The lowest BCUT2D eigenvalue weighted by Gasteiger charge is -2.32. The number of hydrogen-bond donors (Lipinski definition) is 2. The molecule has 0 radical (unpaired) electrons. The first-order chi connectivity index (χ1) is 10.1. The van der Waals surface area contributed by atoms with Gasteiger partial charge in [0.2, 0.25) is 0 Å². The van der Waals surface area contributed by atoms with E-state index in [0.717, 1.165) is 34.9 Å². The summed E-state index contributed by atoms with van der Waals surface area (Å²) in [5, 5.41) is 6.94. The van der Waals surface area contributed by atoms with Crippen molar-refractivity contribution in [2.75, 3.05) is 17.7 Å². The van der Waals surface area contributed by atoms with Gasteiger partial charge in [-0.05, 0) is 50.9 Å². The molecule has 1 heterocycles. The van der Waals surface area contributed by atoms with Crippen molar-refractivity contribution < 1.29 is 0 Å². The molecule has 4 nitrogen and oxygen atoms in total. The number of hydrogen-bond acceptors (Lipinski definition) is 4. The van der Waals surface area contributed by atoms with E-state index in [1.807, 2.05) is 7.05 Å². The van der Waals surface area contributed by atoms with Crippen molar-refractivity contribution in [1.29, 1.82) is 0 Å². The monoisotopic (exact) mass is 288 g/mol. The van der Waals surface area contributed by atoms with Gasteiger partial charge in [0.25, 0.3) is 0 Å². The minimum absolute atomic E-state index is 0.550. The lowest BCUT2D eigenvalue weighted by molar-refractivity contribution is 0.280. The highest BCUT2D eigenvalue weighted by Gasteiger charge is 2.29. The zero-order chi connectivity index (χ0) is 15.0. The molecule has 0 bridgehead atoms. The molecule has 1 aromatic rings. The van der Waals surface area contributed by atoms with E-state index >= 15 is 0 Å². The molecule has 3 rings (SSSR count). The van der Waals surface area contributed by atoms with Crippen LogP contribution in [0.1, 0.15) is 63.3 Å². The predicted molar refractivity (Wildman–Crippen MR) is 87.9 cm³/mol. The minimum Gasteiger partial charge on any atom is -0.373 e. The van der Waals surface area contributed by atoms with E-state index in [0.29, 0.717) is 12.0 Å². The van der Waals surface area contributed by atoms with E-state index in [9.17, 15) is 0 Å². The number of nitrogens with one attached hydrogen (secondary N) is 2. The molecule has 0 saturated heterocycles. The van der Waals surface area contributed by atoms with Crippen LogP contribution in [0.15, 0.2) is 0 Å². The fraction of sp³-hybridized carbons (Fsp3) is 0.765. The van der Waals surface area contributed by atoms with Gasteiger partial charge in [-0.15, -0.1) is 0 Å². The number of rotatable bonds is 4. The third-order valence-corrected chi connectivity index (χ3v) is 4.86. The standard InChI is InChI=1S/C17H28N4/c1-10-7-11(2)9-14(8-10)19-16-12(3)15(18-4)20-17(21-16)13-5-6-13/h10-11,13-14H,5-9H2,1-4H3,(H2,18,19,20,21). The third kappa shape index (κ3) is 3.30. The van der Waals surface area contributed by atoms with Crippen LogP contribution in [0.5, 0.6) is 0 Å². The maximum absolute atomic E-state index is 4.82. The Labute approximate surface area is 128 Å². The largest absolute Gasteiger partial charge is 0.373 e. The van der Waals surface area contributed by atoms with Crippen LogP contribution in [-0.2, 0) is 0 Å². The van der Waals surface area contributed by atoms with Crippen molar-refractivity contribution in [2.24, 2.45) is 11.8 Å². The van der Waals surface area contributed by atoms with Gasteiger partial charge in [0.1, 0.15) is 17.5 Å². The van der Waals surface area contributed by atoms with Crippen molar-refractivity contribution >= 4 is 11.6 Å². The molecule has 2 N–H and O–H groups in total. The second-order valence-corrected chi connectivity index (χ2v) is 7.19. The summed E-state index contributed by atoms with van der Waals surface area (Å²) in [4.78, 5) is 9.50.